The van der Waals surface area contributed by atoms with Crippen molar-refractivity contribution in [2.75, 3.05) is 0 Å². The first-order valence-electron chi connectivity index (χ1n) is 4.80. The number of halogens is 1. The third kappa shape index (κ3) is 2.78. The molecule has 0 aromatic heterocycles. The minimum absolute atomic E-state index is 0.350. The van der Waals surface area contributed by atoms with E-state index in [0.29, 0.717) is 5.56 Å². The van der Waals surface area contributed by atoms with Gasteiger partial charge in [0, 0.05) is 0 Å². The van der Waals surface area contributed by atoms with Crippen LogP contribution in [-0.2, 0) is 4.79 Å². The maximum absolute atomic E-state index is 12.7. The van der Waals surface area contributed by atoms with E-state index in [1.54, 1.807) is 0 Å². The molecule has 0 fully saturated rings. The molecule has 0 amide bonds. The van der Waals surface area contributed by atoms with Crippen LogP contribution in [-0.4, -0.2) is 11.1 Å². The van der Waals surface area contributed by atoms with Crippen molar-refractivity contribution in [1.29, 1.82) is 0 Å². The Morgan fingerprint density at radius 1 is 1.27 bits per heavy atom. The Kier molecular flexibility index (Phi) is 3.12. The summed E-state index contributed by atoms with van der Waals surface area (Å²) in [7, 11) is 0. The fraction of sp³-hybridized carbons (Fsp3) is 0.417. The first-order valence-corrected chi connectivity index (χ1v) is 4.80. The molecule has 3 heteroatoms. The van der Waals surface area contributed by atoms with Crippen LogP contribution < -0.4 is 0 Å². The van der Waals surface area contributed by atoms with E-state index in [4.69, 9.17) is 5.11 Å². The van der Waals surface area contributed by atoms with Gasteiger partial charge in [-0.2, -0.15) is 0 Å². The maximum atomic E-state index is 12.7. The summed E-state index contributed by atoms with van der Waals surface area (Å²) in [5, 5.41) is 9.14. The van der Waals surface area contributed by atoms with Gasteiger partial charge in [-0.15, -0.1) is 0 Å². The predicted molar refractivity (Wildman–Crippen MR) is 56.2 cm³/mol. The van der Waals surface area contributed by atoms with Gasteiger partial charge in [-0.1, -0.05) is 32.9 Å². The second-order valence-corrected chi connectivity index (χ2v) is 4.69. The van der Waals surface area contributed by atoms with E-state index in [2.05, 4.69) is 0 Å². The molecule has 0 saturated heterocycles. The molecular weight excluding hydrogens is 195 g/mol. The molecule has 0 aliphatic heterocycles. The fourth-order valence-corrected chi connectivity index (χ4v) is 1.67. The van der Waals surface area contributed by atoms with Gasteiger partial charge < -0.3 is 5.11 Å². The monoisotopic (exact) mass is 210 g/mol. The molecule has 0 heterocycles. The second-order valence-electron chi connectivity index (χ2n) is 4.69. The molecule has 0 saturated carbocycles. The minimum Gasteiger partial charge on any atom is -0.481 e. The summed E-state index contributed by atoms with van der Waals surface area (Å²) in [4.78, 5) is 11.1. The van der Waals surface area contributed by atoms with Gasteiger partial charge in [0.2, 0.25) is 0 Å². The topological polar surface area (TPSA) is 37.3 Å². The van der Waals surface area contributed by atoms with Crippen LogP contribution in [0.5, 0.6) is 0 Å². The van der Waals surface area contributed by atoms with Crippen LogP contribution in [0.15, 0.2) is 24.3 Å². The van der Waals surface area contributed by atoms with E-state index in [1.165, 1.54) is 24.3 Å². The van der Waals surface area contributed by atoms with Gasteiger partial charge in [-0.05, 0) is 23.1 Å². The first kappa shape index (κ1) is 11.7. The van der Waals surface area contributed by atoms with Gasteiger partial charge in [0.25, 0.3) is 0 Å². The molecule has 1 atom stereocenters. The van der Waals surface area contributed by atoms with E-state index >= 15 is 0 Å². The van der Waals surface area contributed by atoms with Crippen LogP contribution >= 0.6 is 0 Å². The van der Waals surface area contributed by atoms with Crippen molar-refractivity contribution in [3.05, 3.63) is 35.6 Å². The summed E-state index contributed by atoms with van der Waals surface area (Å²) in [6.07, 6.45) is 0. The Balaban J connectivity index is 3.11. The summed E-state index contributed by atoms with van der Waals surface area (Å²) in [5.41, 5.74) is 0.250. The van der Waals surface area contributed by atoms with E-state index in [9.17, 15) is 9.18 Å². The highest BCUT2D eigenvalue weighted by Gasteiger charge is 2.32. The fourth-order valence-electron chi connectivity index (χ4n) is 1.67. The number of carbonyl (C=O) groups is 1. The number of hydrogen-bond acceptors (Lipinski definition) is 1. The summed E-state index contributed by atoms with van der Waals surface area (Å²) in [6.45, 7) is 5.57. The number of aliphatic carboxylic acids is 1. The van der Waals surface area contributed by atoms with Crippen LogP contribution in [0.2, 0.25) is 0 Å². The zero-order valence-corrected chi connectivity index (χ0v) is 9.12. The zero-order valence-electron chi connectivity index (χ0n) is 9.12. The summed E-state index contributed by atoms with van der Waals surface area (Å²) >= 11 is 0. The van der Waals surface area contributed by atoms with Gasteiger partial charge in [0.05, 0.1) is 5.92 Å². The van der Waals surface area contributed by atoms with Gasteiger partial charge in [0.1, 0.15) is 5.82 Å². The lowest BCUT2D eigenvalue weighted by molar-refractivity contribution is -0.141. The molecule has 1 aromatic rings. The van der Waals surface area contributed by atoms with Crippen molar-refractivity contribution in [2.24, 2.45) is 5.41 Å². The van der Waals surface area contributed by atoms with Crippen molar-refractivity contribution in [1.82, 2.24) is 0 Å². The normalized spacial score (nSPS) is 13.6. The average Bonchev–Trinajstić information content (AvgIpc) is 2.05. The molecule has 0 spiro atoms. The SMILES string of the molecule is CC(C)(C)C(C(=O)O)c1ccc(F)cc1. The highest BCUT2D eigenvalue weighted by Crippen LogP contribution is 2.35. The molecule has 0 bridgehead atoms. The molecule has 1 aromatic carbocycles. The predicted octanol–water partition coefficient (Wildman–Crippen LogP) is 3.04. The molecule has 15 heavy (non-hydrogen) atoms. The molecule has 1 N–H and O–H groups in total. The Morgan fingerprint density at radius 3 is 2.07 bits per heavy atom. The van der Waals surface area contributed by atoms with Gasteiger partial charge in [-0.25, -0.2) is 4.39 Å². The standard InChI is InChI=1S/C12H15FO2/c1-12(2,3)10(11(14)15)8-4-6-9(13)7-5-8/h4-7,10H,1-3H3,(H,14,15). The maximum Gasteiger partial charge on any atom is 0.311 e. The number of carboxylic acid groups (broad SMARTS) is 1. The van der Waals surface area contributed by atoms with Gasteiger partial charge in [-0.3, -0.25) is 4.79 Å². The highest BCUT2D eigenvalue weighted by molar-refractivity contribution is 5.77. The largest absolute Gasteiger partial charge is 0.481 e. The first-order chi connectivity index (χ1) is 6.82. The van der Waals surface area contributed by atoms with Crippen molar-refractivity contribution in [2.45, 2.75) is 26.7 Å². The second kappa shape index (κ2) is 4.01. The third-order valence-electron chi connectivity index (χ3n) is 2.32. The molecule has 82 valence electrons. The van der Waals surface area contributed by atoms with Crippen molar-refractivity contribution < 1.29 is 14.3 Å². The Bertz CT molecular complexity index is 349. The van der Waals surface area contributed by atoms with E-state index < -0.39 is 11.9 Å². The molecule has 0 aliphatic carbocycles. The molecule has 2 nitrogen and oxygen atoms in total. The molecule has 1 unspecified atom stereocenters. The van der Waals surface area contributed by atoms with Crippen molar-refractivity contribution >= 4 is 5.97 Å². The number of benzene rings is 1. The number of carboxylic acids is 1. The number of rotatable bonds is 2. The van der Waals surface area contributed by atoms with E-state index in [-0.39, 0.29) is 11.2 Å². The van der Waals surface area contributed by atoms with E-state index in [1.807, 2.05) is 20.8 Å². The Hall–Kier alpha value is -1.38. The third-order valence-corrected chi connectivity index (χ3v) is 2.32. The smallest absolute Gasteiger partial charge is 0.311 e. The van der Waals surface area contributed by atoms with Gasteiger partial charge >= 0.3 is 5.97 Å². The average molecular weight is 210 g/mol. The number of hydrogen-bond donors (Lipinski definition) is 1. The summed E-state index contributed by atoms with van der Waals surface area (Å²) < 4.78 is 12.7. The van der Waals surface area contributed by atoms with Crippen molar-refractivity contribution in [3.8, 4) is 0 Å². The highest BCUT2D eigenvalue weighted by atomic mass is 19.1. The quantitative estimate of drug-likeness (QED) is 0.814. The lowest BCUT2D eigenvalue weighted by atomic mass is 9.76. The lowest BCUT2D eigenvalue weighted by Crippen LogP contribution is -2.26. The molecule has 0 aliphatic rings. The van der Waals surface area contributed by atoms with Crippen LogP contribution in [0.4, 0.5) is 4.39 Å². The molecule has 1 rings (SSSR count). The van der Waals surface area contributed by atoms with Crippen LogP contribution in [0, 0.1) is 11.2 Å². The lowest BCUT2D eigenvalue weighted by Gasteiger charge is -2.27. The Morgan fingerprint density at radius 2 is 1.73 bits per heavy atom. The molecule has 0 radical (unpaired) electrons. The molecular formula is C12H15FO2. The van der Waals surface area contributed by atoms with Gasteiger partial charge in [0.15, 0.2) is 0 Å². The van der Waals surface area contributed by atoms with E-state index in [0.717, 1.165) is 0 Å². The van der Waals surface area contributed by atoms with Crippen LogP contribution in [0.1, 0.15) is 32.3 Å². The van der Waals surface area contributed by atoms with Crippen LogP contribution in [0.3, 0.4) is 0 Å². The zero-order chi connectivity index (χ0) is 11.6. The Labute approximate surface area is 88.7 Å². The summed E-state index contributed by atoms with van der Waals surface area (Å²) in [6, 6.07) is 5.63. The van der Waals surface area contributed by atoms with Crippen LogP contribution in [0.25, 0.3) is 0 Å². The van der Waals surface area contributed by atoms with Crippen molar-refractivity contribution in [3.63, 3.8) is 0 Å². The summed E-state index contributed by atoms with van der Waals surface area (Å²) in [5.74, 6) is -1.84. The minimum atomic E-state index is -0.880.